The van der Waals surface area contributed by atoms with Crippen molar-refractivity contribution < 1.29 is 13.2 Å². The molecule has 3 rings (SSSR count). The summed E-state index contributed by atoms with van der Waals surface area (Å²) in [5.74, 6) is -0.129. The molecule has 1 saturated carbocycles. The first-order valence-corrected chi connectivity index (χ1v) is 10.9. The minimum atomic E-state index is -3.59. The third-order valence-electron chi connectivity index (χ3n) is 5.75. The fourth-order valence-corrected chi connectivity index (χ4v) is 5.40. The first-order valence-electron chi connectivity index (χ1n) is 9.47. The Morgan fingerprint density at radius 1 is 1.08 bits per heavy atom. The maximum absolute atomic E-state index is 13.0. The van der Waals surface area contributed by atoms with Crippen LogP contribution < -0.4 is 5.32 Å². The van der Waals surface area contributed by atoms with Crippen LogP contribution in [-0.2, 0) is 10.0 Å². The van der Waals surface area contributed by atoms with Gasteiger partial charge in [-0.05, 0) is 44.0 Å². The molecular formula is C19H29N3O3S. The van der Waals surface area contributed by atoms with Gasteiger partial charge in [0.15, 0.2) is 0 Å². The molecule has 144 valence electrons. The van der Waals surface area contributed by atoms with Crippen LogP contribution in [0.4, 0.5) is 0 Å². The number of hydrogen-bond acceptors (Lipinski definition) is 4. The Kier molecular flexibility index (Phi) is 5.99. The average Bonchev–Trinajstić information content (AvgIpc) is 3.21. The first kappa shape index (κ1) is 19.3. The zero-order valence-corrected chi connectivity index (χ0v) is 16.5. The molecule has 2 fully saturated rings. The summed E-state index contributed by atoms with van der Waals surface area (Å²) in [5.41, 5.74) is 0.428. The molecule has 2 aliphatic rings. The van der Waals surface area contributed by atoms with Gasteiger partial charge in [0.1, 0.15) is 0 Å². The molecule has 6 nitrogen and oxygen atoms in total. The second-order valence-electron chi connectivity index (χ2n) is 7.40. The van der Waals surface area contributed by atoms with E-state index in [4.69, 9.17) is 0 Å². The normalized spacial score (nSPS) is 21.9. The highest BCUT2D eigenvalue weighted by molar-refractivity contribution is 7.89. The van der Waals surface area contributed by atoms with Crippen LogP contribution in [0.2, 0.25) is 0 Å². The molecule has 1 aromatic carbocycles. The molecular weight excluding hydrogens is 350 g/mol. The maximum atomic E-state index is 13.0. The number of carbonyl (C=O) groups is 1. The molecule has 1 heterocycles. The Labute approximate surface area is 156 Å². The molecule has 0 bridgehead atoms. The van der Waals surface area contributed by atoms with Crippen LogP contribution in [0.3, 0.4) is 0 Å². The fourth-order valence-electron chi connectivity index (χ4n) is 3.94. The highest BCUT2D eigenvalue weighted by atomic mass is 32.2. The van der Waals surface area contributed by atoms with E-state index in [0.717, 1.165) is 45.2 Å². The van der Waals surface area contributed by atoms with Crippen molar-refractivity contribution in [1.29, 1.82) is 0 Å². The number of nitrogens with zero attached hydrogens (tertiary/aromatic N) is 2. The zero-order chi connectivity index (χ0) is 18.7. The van der Waals surface area contributed by atoms with Gasteiger partial charge in [-0.15, -0.1) is 0 Å². The van der Waals surface area contributed by atoms with Crippen molar-refractivity contribution in [1.82, 2.24) is 14.5 Å². The van der Waals surface area contributed by atoms with Gasteiger partial charge < -0.3 is 10.2 Å². The van der Waals surface area contributed by atoms with Gasteiger partial charge in [-0.1, -0.05) is 25.3 Å². The second-order valence-corrected chi connectivity index (χ2v) is 9.40. The van der Waals surface area contributed by atoms with Crippen molar-refractivity contribution in [3.05, 3.63) is 29.8 Å². The average molecular weight is 380 g/mol. The van der Waals surface area contributed by atoms with E-state index in [1.165, 1.54) is 16.8 Å². The Hall–Kier alpha value is -1.44. The summed E-state index contributed by atoms with van der Waals surface area (Å²) in [5, 5.41) is 3.25. The summed E-state index contributed by atoms with van der Waals surface area (Å²) in [4.78, 5) is 14.7. The number of nitrogens with one attached hydrogen (secondary N) is 1. The van der Waals surface area contributed by atoms with E-state index in [9.17, 15) is 13.2 Å². The molecule has 1 aliphatic heterocycles. The Balaban J connectivity index is 1.80. The van der Waals surface area contributed by atoms with Crippen molar-refractivity contribution in [3.8, 4) is 0 Å². The third-order valence-corrected chi connectivity index (χ3v) is 7.66. The lowest BCUT2D eigenvalue weighted by molar-refractivity contribution is 0.0743. The maximum Gasteiger partial charge on any atom is 0.253 e. The molecule has 26 heavy (non-hydrogen) atoms. The monoisotopic (exact) mass is 379 g/mol. The van der Waals surface area contributed by atoms with Gasteiger partial charge in [0.05, 0.1) is 4.90 Å². The van der Waals surface area contributed by atoms with E-state index in [0.29, 0.717) is 5.56 Å². The van der Waals surface area contributed by atoms with Crippen molar-refractivity contribution in [2.45, 2.75) is 55.5 Å². The van der Waals surface area contributed by atoms with E-state index in [1.807, 2.05) is 0 Å². The summed E-state index contributed by atoms with van der Waals surface area (Å²) in [6.45, 7) is 1.69. The molecule has 1 N–H and O–H groups in total. The summed E-state index contributed by atoms with van der Waals surface area (Å²) in [6.07, 6.45) is 6.06. The number of rotatable bonds is 5. The topological polar surface area (TPSA) is 69.7 Å². The highest BCUT2D eigenvalue weighted by Gasteiger charge is 2.30. The van der Waals surface area contributed by atoms with Crippen LogP contribution in [0.25, 0.3) is 0 Å². The van der Waals surface area contributed by atoms with Crippen molar-refractivity contribution in [3.63, 3.8) is 0 Å². The number of benzene rings is 1. The zero-order valence-electron chi connectivity index (χ0n) is 15.6. The lowest BCUT2D eigenvalue weighted by Crippen LogP contribution is -2.39. The van der Waals surface area contributed by atoms with Gasteiger partial charge in [-0.2, -0.15) is 4.31 Å². The van der Waals surface area contributed by atoms with Crippen molar-refractivity contribution in [2.24, 2.45) is 0 Å². The second kappa shape index (κ2) is 8.06. The molecule has 1 atom stereocenters. The first-order chi connectivity index (χ1) is 12.4. The van der Waals surface area contributed by atoms with Gasteiger partial charge in [0.2, 0.25) is 10.0 Å². The van der Waals surface area contributed by atoms with Crippen molar-refractivity contribution >= 4 is 15.9 Å². The summed E-state index contributed by atoms with van der Waals surface area (Å²) < 4.78 is 27.5. The number of carbonyl (C=O) groups excluding carboxylic acids is 1. The minimum absolute atomic E-state index is 0.0559. The lowest BCUT2D eigenvalue weighted by atomic mass is 9.96. The molecule has 0 aromatic heterocycles. The van der Waals surface area contributed by atoms with Crippen LogP contribution >= 0.6 is 0 Å². The van der Waals surface area contributed by atoms with Gasteiger partial charge >= 0.3 is 0 Å². The fraction of sp³-hybridized carbons (Fsp3) is 0.632. The molecule has 1 aromatic rings. The standard InChI is InChI=1S/C19H29N3O3S/c1-21(17-11-12-20-14-17)19(23)15-7-6-10-18(13-15)26(24,25)22(2)16-8-4-3-5-9-16/h6-7,10,13,16-17,20H,3-5,8-9,11-12,14H2,1-2H3. The van der Waals surface area contributed by atoms with Gasteiger partial charge in [0, 0.05) is 38.3 Å². The predicted molar refractivity (Wildman–Crippen MR) is 102 cm³/mol. The molecule has 0 radical (unpaired) electrons. The van der Waals surface area contributed by atoms with E-state index >= 15 is 0 Å². The largest absolute Gasteiger partial charge is 0.337 e. The number of amides is 1. The van der Waals surface area contributed by atoms with E-state index in [-0.39, 0.29) is 22.9 Å². The van der Waals surface area contributed by atoms with Crippen LogP contribution in [-0.4, -0.2) is 62.8 Å². The Morgan fingerprint density at radius 2 is 1.81 bits per heavy atom. The van der Waals surface area contributed by atoms with E-state index < -0.39 is 10.0 Å². The number of likely N-dealkylation sites (N-methyl/N-ethyl adjacent to an activating group) is 1. The summed E-state index contributed by atoms with van der Waals surface area (Å²) in [7, 11) is -0.139. The Bertz CT molecular complexity index is 738. The van der Waals surface area contributed by atoms with Gasteiger partial charge in [-0.3, -0.25) is 4.79 Å². The van der Waals surface area contributed by atoms with Crippen LogP contribution in [0, 0.1) is 0 Å². The minimum Gasteiger partial charge on any atom is -0.337 e. The SMILES string of the molecule is CN(C(=O)c1cccc(S(=O)(=O)N(C)C2CCCCC2)c1)C1CCNC1. The van der Waals surface area contributed by atoms with Gasteiger partial charge in [-0.25, -0.2) is 8.42 Å². The van der Waals surface area contributed by atoms with Crippen LogP contribution in [0.5, 0.6) is 0 Å². The van der Waals surface area contributed by atoms with Gasteiger partial charge in [0.25, 0.3) is 5.91 Å². The smallest absolute Gasteiger partial charge is 0.253 e. The number of hydrogen-bond donors (Lipinski definition) is 1. The van der Waals surface area contributed by atoms with Crippen LogP contribution in [0.1, 0.15) is 48.9 Å². The summed E-state index contributed by atoms with van der Waals surface area (Å²) >= 11 is 0. The summed E-state index contributed by atoms with van der Waals surface area (Å²) in [6, 6.07) is 6.68. The molecule has 1 aliphatic carbocycles. The molecule has 1 amide bonds. The van der Waals surface area contributed by atoms with Crippen molar-refractivity contribution in [2.75, 3.05) is 27.2 Å². The van der Waals surface area contributed by atoms with Crippen LogP contribution in [0.15, 0.2) is 29.2 Å². The Morgan fingerprint density at radius 3 is 2.46 bits per heavy atom. The highest BCUT2D eigenvalue weighted by Crippen LogP contribution is 2.27. The molecule has 1 unspecified atom stereocenters. The quantitative estimate of drug-likeness (QED) is 0.850. The molecule has 1 saturated heterocycles. The molecule has 0 spiro atoms. The number of sulfonamides is 1. The lowest BCUT2D eigenvalue weighted by Gasteiger charge is -2.30. The van der Waals surface area contributed by atoms with E-state index in [2.05, 4.69) is 5.32 Å². The predicted octanol–water partition coefficient (Wildman–Crippen LogP) is 2.07. The molecule has 7 heteroatoms. The third kappa shape index (κ3) is 3.94. The van der Waals surface area contributed by atoms with E-state index in [1.54, 1.807) is 37.2 Å².